The van der Waals surface area contributed by atoms with E-state index in [9.17, 15) is 13.2 Å². The number of aromatic nitrogens is 2. The van der Waals surface area contributed by atoms with Crippen LogP contribution in [-0.2, 0) is 27.8 Å². The molecule has 2 N–H and O–H groups in total. The molecule has 0 bridgehead atoms. The Bertz CT molecular complexity index is 1170. The minimum absolute atomic E-state index is 0.000793. The van der Waals surface area contributed by atoms with E-state index in [1.807, 2.05) is 24.3 Å². The van der Waals surface area contributed by atoms with Gasteiger partial charge in [0.05, 0.1) is 10.7 Å². The molecule has 0 saturated carbocycles. The summed E-state index contributed by atoms with van der Waals surface area (Å²) in [6.07, 6.45) is 5.44. The number of rotatable bonds is 7. The van der Waals surface area contributed by atoms with Crippen LogP contribution in [0.2, 0.25) is 5.02 Å². The number of carbonyl (C=O) groups is 1. The van der Waals surface area contributed by atoms with Crippen molar-refractivity contribution in [3.05, 3.63) is 65.6 Å². The molecule has 3 aromatic rings. The van der Waals surface area contributed by atoms with Crippen LogP contribution < -0.4 is 10.0 Å². The summed E-state index contributed by atoms with van der Waals surface area (Å²) in [6, 6.07) is 13.7. The summed E-state index contributed by atoms with van der Waals surface area (Å²) in [5.74, 6) is 0.838. The SMILES string of the molecule is O=C(CCNS(=O)(=O)c1ccccc1Cl)Nc1ccc(-c2cn3c(n2)CCCC3)cc1. The molecule has 162 valence electrons. The standard InChI is InChI=1S/C22H23ClN4O3S/c23-18-5-1-2-6-20(18)31(29,30)24-13-12-22(28)25-17-10-8-16(9-11-17)19-15-27-14-4-3-7-21(27)26-19/h1-2,5-6,8-11,15,24H,3-4,7,12-14H2,(H,25,28). The predicted molar refractivity (Wildman–Crippen MR) is 120 cm³/mol. The van der Waals surface area contributed by atoms with E-state index in [-0.39, 0.29) is 28.8 Å². The van der Waals surface area contributed by atoms with Crippen LogP contribution in [0, 0.1) is 0 Å². The maximum Gasteiger partial charge on any atom is 0.242 e. The van der Waals surface area contributed by atoms with Crippen molar-refractivity contribution in [2.24, 2.45) is 0 Å². The van der Waals surface area contributed by atoms with Crippen LogP contribution in [0.25, 0.3) is 11.3 Å². The highest BCUT2D eigenvalue weighted by Gasteiger charge is 2.17. The largest absolute Gasteiger partial charge is 0.334 e. The van der Waals surface area contributed by atoms with Gasteiger partial charge in [-0.1, -0.05) is 35.9 Å². The molecule has 1 aliphatic rings. The van der Waals surface area contributed by atoms with Gasteiger partial charge in [0.25, 0.3) is 0 Å². The Kier molecular flexibility index (Phi) is 6.41. The van der Waals surface area contributed by atoms with Crippen molar-refractivity contribution < 1.29 is 13.2 Å². The predicted octanol–water partition coefficient (Wildman–Crippen LogP) is 3.85. The molecule has 0 unspecified atom stereocenters. The molecule has 1 aliphatic heterocycles. The Balaban J connectivity index is 1.31. The lowest BCUT2D eigenvalue weighted by Gasteiger charge is -2.11. The lowest BCUT2D eigenvalue weighted by atomic mass is 10.1. The normalized spacial score (nSPS) is 13.6. The van der Waals surface area contributed by atoms with Crippen molar-refractivity contribution in [1.82, 2.24) is 14.3 Å². The van der Waals surface area contributed by atoms with Gasteiger partial charge >= 0.3 is 0 Å². The number of sulfonamides is 1. The van der Waals surface area contributed by atoms with E-state index in [4.69, 9.17) is 16.6 Å². The molecule has 2 heterocycles. The first-order valence-electron chi connectivity index (χ1n) is 10.1. The van der Waals surface area contributed by atoms with Gasteiger partial charge in [-0.3, -0.25) is 4.79 Å². The number of fused-ring (bicyclic) bond motifs is 1. The smallest absolute Gasteiger partial charge is 0.242 e. The number of hydrogen-bond acceptors (Lipinski definition) is 4. The molecule has 4 rings (SSSR count). The van der Waals surface area contributed by atoms with Gasteiger partial charge in [0.1, 0.15) is 10.7 Å². The number of carbonyl (C=O) groups excluding carboxylic acids is 1. The number of amides is 1. The summed E-state index contributed by atoms with van der Waals surface area (Å²) in [5.41, 5.74) is 2.57. The second-order valence-corrected chi connectivity index (χ2v) is 9.54. The summed E-state index contributed by atoms with van der Waals surface area (Å²) >= 11 is 5.94. The number of nitrogens with zero attached hydrogens (tertiary/aromatic N) is 2. The van der Waals surface area contributed by atoms with Gasteiger partial charge in [0, 0.05) is 43.4 Å². The van der Waals surface area contributed by atoms with E-state index in [1.54, 1.807) is 12.1 Å². The van der Waals surface area contributed by atoms with E-state index in [2.05, 4.69) is 20.8 Å². The molecular weight excluding hydrogens is 436 g/mol. The fourth-order valence-corrected chi connectivity index (χ4v) is 5.09. The lowest BCUT2D eigenvalue weighted by molar-refractivity contribution is -0.116. The highest BCUT2D eigenvalue weighted by Crippen LogP contribution is 2.24. The molecule has 0 saturated heterocycles. The Hall–Kier alpha value is -2.68. The topological polar surface area (TPSA) is 93.1 Å². The van der Waals surface area contributed by atoms with Gasteiger partial charge in [0.2, 0.25) is 15.9 Å². The first kappa shape index (κ1) is 21.5. The molecule has 1 aromatic heterocycles. The van der Waals surface area contributed by atoms with E-state index >= 15 is 0 Å². The van der Waals surface area contributed by atoms with Crippen molar-refractivity contribution in [2.45, 2.75) is 37.1 Å². The van der Waals surface area contributed by atoms with Crippen molar-refractivity contribution in [3.63, 3.8) is 0 Å². The molecule has 0 spiro atoms. The number of hydrogen-bond donors (Lipinski definition) is 2. The molecule has 2 aromatic carbocycles. The first-order valence-corrected chi connectivity index (χ1v) is 12.0. The quantitative estimate of drug-likeness (QED) is 0.562. The third-order valence-corrected chi connectivity index (χ3v) is 7.10. The van der Waals surface area contributed by atoms with Crippen LogP contribution in [0.3, 0.4) is 0 Å². The number of anilines is 1. The first-order chi connectivity index (χ1) is 14.9. The minimum Gasteiger partial charge on any atom is -0.334 e. The summed E-state index contributed by atoms with van der Waals surface area (Å²) in [6.45, 7) is 0.981. The highest BCUT2D eigenvalue weighted by atomic mass is 35.5. The van der Waals surface area contributed by atoms with Crippen LogP contribution >= 0.6 is 11.6 Å². The van der Waals surface area contributed by atoms with E-state index in [0.29, 0.717) is 5.69 Å². The number of nitrogens with one attached hydrogen (secondary N) is 2. The van der Waals surface area contributed by atoms with Crippen molar-refractivity contribution in [3.8, 4) is 11.3 Å². The monoisotopic (exact) mass is 458 g/mol. The van der Waals surface area contributed by atoms with E-state index in [1.165, 1.54) is 25.0 Å². The highest BCUT2D eigenvalue weighted by molar-refractivity contribution is 7.89. The molecule has 0 atom stereocenters. The molecule has 0 fully saturated rings. The van der Waals surface area contributed by atoms with Crippen LogP contribution in [0.4, 0.5) is 5.69 Å². The van der Waals surface area contributed by atoms with Crippen LogP contribution in [0.1, 0.15) is 25.1 Å². The fraction of sp³-hybridized carbons (Fsp3) is 0.273. The summed E-state index contributed by atoms with van der Waals surface area (Å²) < 4.78 is 29.2. The Morgan fingerprint density at radius 3 is 2.61 bits per heavy atom. The molecule has 7 nitrogen and oxygen atoms in total. The number of aryl methyl sites for hydroxylation is 2. The number of halogens is 1. The van der Waals surface area contributed by atoms with Crippen molar-refractivity contribution in [1.29, 1.82) is 0 Å². The summed E-state index contributed by atoms with van der Waals surface area (Å²) in [7, 11) is -3.77. The molecule has 0 aliphatic carbocycles. The third-order valence-electron chi connectivity index (χ3n) is 5.14. The Labute approximate surface area is 186 Å². The van der Waals surface area contributed by atoms with Crippen LogP contribution in [-0.4, -0.2) is 30.4 Å². The molecule has 0 radical (unpaired) electrons. The summed E-state index contributed by atoms with van der Waals surface area (Å²) in [4.78, 5) is 16.9. The van der Waals surface area contributed by atoms with Crippen molar-refractivity contribution >= 4 is 33.2 Å². The summed E-state index contributed by atoms with van der Waals surface area (Å²) in [5, 5.41) is 2.92. The van der Waals surface area contributed by atoms with Gasteiger partial charge in [0.15, 0.2) is 0 Å². The minimum atomic E-state index is -3.77. The Morgan fingerprint density at radius 2 is 1.87 bits per heavy atom. The maximum absolute atomic E-state index is 12.3. The number of imidazole rings is 1. The van der Waals surface area contributed by atoms with Gasteiger partial charge < -0.3 is 9.88 Å². The second kappa shape index (κ2) is 9.21. The van der Waals surface area contributed by atoms with E-state index in [0.717, 1.165) is 30.0 Å². The molecular formula is C22H23ClN4O3S. The zero-order valence-electron chi connectivity index (χ0n) is 16.8. The maximum atomic E-state index is 12.3. The zero-order valence-corrected chi connectivity index (χ0v) is 18.4. The average Bonchev–Trinajstić information content (AvgIpc) is 3.18. The fourth-order valence-electron chi connectivity index (χ4n) is 3.54. The van der Waals surface area contributed by atoms with Gasteiger partial charge in [-0.25, -0.2) is 18.1 Å². The van der Waals surface area contributed by atoms with Gasteiger partial charge in [-0.15, -0.1) is 0 Å². The van der Waals surface area contributed by atoms with Crippen LogP contribution in [0.5, 0.6) is 0 Å². The Morgan fingerprint density at radius 1 is 1.10 bits per heavy atom. The van der Waals surface area contributed by atoms with Crippen molar-refractivity contribution in [2.75, 3.05) is 11.9 Å². The van der Waals surface area contributed by atoms with Gasteiger partial charge in [-0.2, -0.15) is 0 Å². The molecule has 1 amide bonds. The van der Waals surface area contributed by atoms with Crippen LogP contribution in [0.15, 0.2) is 59.6 Å². The average molecular weight is 459 g/mol. The zero-order chi connectivity index (χ0) is 21.8. The lowest BCUT2D eigenvalue weighted by Crippen LogP contribution is -2.28. The number of benzene rings is 2. The molecule has 9 heteroatoms. The van der Waals surface area contributed by atoms with E-state index < -0.39 is 10.0 Å². The van der Waals surface area contributed by atoms with Gasteiger partial charge in [-0.05, 0) is 37.1 Å². The third kappa shape index (κ3) is 5.15. The molecule has 31 heavy (non-hydrogen) atoms. The second-order valence-electron chi connectivity index (χ2n) is 7.40.